The van der Waals surface area contributed by atoms with Crippen LogP contribution < -0.4 is 9.47 Å². The van der Waals surface area contributed by atoms with Gasteiger partial charge in [-0.3, -0.25) is 0 Å². The highest BCUT2D eigenvalue weighted by Gasteiger charge is 2.45. The first-order chi connectivity index (χ1) is 14.6. The molecule has 0 atom stereocenters. The monoisotopic (exact) mass is 482 g/mol. The van der Waals surface area contributed by atoms with Crippen molar-refractivity contribution in [3.05, 3.63) is 63.8 Å². The molecule has 0 aromatic heterocycles. The number of hydrogen-bond acceptors (Lipinski definition) is 5. The predicted molar refractivity (Wildman–Crippen MR) is 106 cm³/mol. The van der Waals surface area contributed by atoms with E-state index in [9.17, 15) is 22.4 Å². The normalized spacial score (nSPS) is 12.0. The fraction of sp³-hybridized carbons (Fsp3) is 0.250. The third-order valence-electron chi connectivity index (χ3n) is 3.81. The molecule has 0 aliphatic carbocycles. The third kappa shape index (κ3) is 6.18. The number of hydrogen-bond donors (Lipinski definition) is 0. The van der Waals surface area contributed by atoms with Gasteiger partial charge in [-0.05, 0) is 11.1 Å². The molecule has 5 nitrogen and oxygen atoms in total. The molecule has 0 bridgehead atoms. The van der Waals surface area contributed by atoms with Crippen LogP contribution in [0, 0.1) is 0 Å². The van der Waals surface area contributed by atoms with Crippen molar-refractivity contribution in [1.29, 1.82) is 0 Å². The second-order valence-electron chi connectivity index (χ2n) is 5.89. The van der Waals surface area contributed by atoms with Gasteiger partial charge in [0.15, 0.2) is 5.75 Å². The molecule has 0 unspecified atom stereocenters. The highest BCUT2D eigenvalue weighted by atomic mass is 35.5. The van der Waals surface area contributed by atoms with Crippen molar-refractivity contribution in [2.24, 2.45) is 0 Å². The molecule has 0 aliphatic heterocycles. The summed E-state index contributed by atoms with van der Waals surface area (Å²) in [6.45, 7) is -0.0890. The second-order valence-corrected chi connectivity index (χ2v) is 6.70. The van der Waals surface area contributed by atoms with Gasteiger partial charge in [0.1, 0.15) is 17.9 Å². The largest absolute Gasteiger partial charge is 0.503 e. The molecular formula is C20H16Cl2F4O5. The zero-order valence-electron chi connectivity index (χ0n) is 16.1. The van der Waals surface area contributed by atoms with Gasteiger partial charge < -0.3 is 18.9 Å². The van der Waals surface area contributed by atoms with E-state index in [2.05, 4.69) is 4.74 Å². The molecule has 11 heteroatoms. The molecule has 0 N–H and O–H groups in total. The van der Waals surface area contributed by atoms with Gasteiger partial charge in [0, 0.05) is 12.1 Å². The van der Waals surface area contributed by atoms with E-state index in [1.165, 1.54) is 20.5 Å². The van der Waals surface area contributed by atoms with E-state index in [0.717, 1.165) is 12.1 Å². The van der Waals surface area contributed by atoms with Gasteiger partial charge >= 0.3 is 18.5 Å². The van der Waals surface area contributed by atoms with Crippen LogP contribution in [-0.4, -0.2) is 32.7 Å². The third-order valence-corrected chi connectivity index (χ3v) is 4.37. The Balaban J connectivity index is 2.27. The molecule has 0 amide bonds. The van der Waals surface area contributed by atoms with Gasteiger partial charge in [-0.15, -0.1) is 0 Å². The zero-order chi connectivity index (χ0) is 23.2. The topological polar surface area (TPSA) is 54.0 Å². The first-order valence-electron chi connectivity index (χ1n) is 8.47. The molecule has 31 heavy (non-hydrogen) atoms. The van der Waals surface area contributed by atoms with Crippen molar-refractivity contribution < 1.29 is 41.3 Å². The molecular weight excluding hydrogens is 467 g/mol. The van der Waals surface area contributed by atoms with E-state index in [1.54, 1.807) is 24.3 Å². The van der Waals surface area contributed by atoms with E-state index in [-0.39, 0.29) is 17.9 Å². The molecule has 2 rings (SSSR count). The van der Waals surface area contributed by atoms with Crippen molar-refractivity contribution >= 4 is 34.7 Å². The second kappa shape index (κ2) is 10.6. The summed E-state index contributed by atoms with van der Waals surface area (Å²) in [5.41, 5.74) is 1.15. The van der Waals surface area contributed by atoms with Crippen LogP contribution in [-0.2, 0) is 20.9 Å². The molecule has 0 aliphatic rings. The Hall–Kier alpha value is -2.65. The number of esters is 1. The summed E-state index contributed by atoms with van der Waals surface area (Å²) in [5, 5.41) is -0.906. The predicted octanol–water partition coefficient (Wildman–Crippen LogP) is 5.97. The number of alkyl halides is 4. The first-order valence-corrected chi connectivity index (χ1v) is 9.22. The minimum atomic E-state index is -4.77. The van der Waals surface area contributed by atoms with Crippen LogP contribution in [0.1, 0.15) is 11.1 Å². The maximum Gasteiger partial charge on any atom is 0.461 e. The van der Waals surface area contributed by atoms with E-state index in [0.29, 0.717) is 11.1 Å². The number of methoxy groups -OCH3 is 2. The van der Waals surface area contributed by atoms with Crippen LogP contribution in [0.3, 0.4) is 0 Å². The molecule has 168 valence electrons. The first kappa shape index (κ1) is 24.6. The van der Waals surface area contributed by atoms with Crippen LogP contribution in [0.25, 0.3) is 5.57 Å². The molecule has 0 saturated carbocycles. The quantitative estimate of drug-likeness (QED) is 0.191. The Bertz CT molecular complexity index is 943. The fourth-order valence-electron chi connectivity index (χ4n) is 2.42. The zero-order valence-corrected chi connectivity index (χ0v) is 17.6. The Kier molecular flexibility index (Phi) is 8.41. The number of carbonyl (C=O) groups excluding carboxylic acids is 1. The molecule has 0 fully saturated rings. The van der Waals surface area contributed by atoms with E-state index in [4.69, 9.17) is 37.4 Å². The molecule has 0 saturated heterocycles. The lowest BCUT2D eigenvalue weighted by molar-refractivity contribution is -0.253. The summed E-state index contributed by atoms with van der Waals surface area (Å²) >= 11 is 11.7. The SMILES string of the molecule is COC=C(C(=O)OC)c1ccccc1COc1cc(Cl)c(OC(F)(F)C(F)F)c(Cl)c1. The minimum Gasteiger partial charge on any atom is -0.503 e. The number of halogens is 6. The molecule has 2 aromatic rings. The fourth-order valence-corrected chi connectivity index (χ4v) is 2.96. The Morgan fingerprint density at radius 2 is 1.74 bits per heavy atom. The van der Waals surface area contributed by atoms with Gasteiger partial charge in [0.25, 0.3) is 0 Å². The smallest absolute Gasteiger partial charge is 0.461 e. The summed E-state index contributed by atoms with van der Waals surface area (Å²) in [4.78, 5) is 12.0. The van der Waals surface area contributed by atoms with Gasteiger partial charge in [-0.2, -0.15) is 17.6 Å². The van der Waals surface area contributed by atoms with E-state index in [1.807, 2.05) is 0 Å². The highest BCUT2D eigenvalue weighted by Crippen LogP contribution is 2.41. The summed E-state index contributed by atoms with van der Waals surface area (Å²) < 4.78 is 70.3. The Morgan fingerprint density at radius 1 is 1.13 bits per heavy atom. The van der Waals surface area contributed by atoms with E-state index < -0.39 is 34.3 Å². The number of rotatable bonds is 9. The van der Waals surface area contributed by atoms with Crippen LogP contribution in [0.15, 0.2) is 42.7 Å². The number of ether oxygens (including phenoxy) is 4. The van der Waals surface area contributed by atoms with E-state index >= 15 is 0 Å². The lowest BCUT2D eigenvalue weighted by atomic mass is 10.0. The Morgan fingerprint density at radius 3 is 2.29 bits per heavy atom. The lowest BCUT2D eigenvalue weighted by Gasteiger charge is -2.19. The minimum absolute atomic E-state index is 0.0489. The van der Waals surface area contributed by atoms with Gasteiger partial charge in [-0.1, -0.05) is 47.5 Å². The molecule has 2 aromatic carbocycles. The maximum atomic E-state index is 13.2. The lowest BCUT2D eigenvalue weighted by Crippen LogP contribution is -2.33. The number of benzene rings is 2. The highest BCUT2D eigenvalue weighted by molar-refractivity contribution is 6.37. The van der Waals surface area contributed by atoms with Gasteiger partial charge in [-0.25, -0.2) is 4.79 Å². The molecule has 0 radical (unpaired) electrons. The van der Waals surface area contributed by atoms with Gasteiger partial charge in [0.05, 0.1) is 30.5 Å². The summed E-state index contributed by atoms with van der Waals surface area (Å²) in [7, 11) is 2.59. The molecule has 0 heterocycles. The summed E-state index contributed by atoms with van der Waals surface area (Å²) in [6.07, 6.45) is -7.63. The van der Waals surface area contributed by atoms with Crippen LogP contribution >= 0.6 is 23.2 Å². The van der Waals surface area contributed by atoms with Crippen LogP contribution in [0.2, 0.25) is 10.0 Å². The van der Waals surface area contributed by atoms with Gasteiger partial charge in [0.2, 0.25) is 0 Å². The summed E-state index contributed by atoms with van der Waals surface area (Å²) in [6, 6.07) is 8.87. The standard InChI is InChI=1S/C20H16Cl2F4O5/c1-28-10-14(18(27)29-2)13-6-4-3-5-11(13)9-30-12-7-15(21)17(16(22)8-12)31-20(25,26)19(23)24/h3-8,10,19H,9H2,1-2H3. The van der Waals surface area contributed by atoms with Crippen LogP contribution in [0.4, 0.5) is 17.6 Å². The summed E-state index contributed by atoms with van der Waals surface area (Å²) in [5.74, 6) is -1.40. The van der Waals surface area contributed by atoms with Crippen molar-refractivity contribution in [2.75, 3.05) is 14.2 Å². The molecule has 0 spiro atoms. The average Bonchev–Trinajstić information content (AvgIpc) is 2.72. The Labute approximate surface area is 185 Å². The van der Waals surface area contributed by atoms with Crippen molar-refractivity contribution in [1.82, 2.24) is 0 Å². The van der Waals surface area contributed by atoms with Crippen LogP contribution in [0.5, 0.6) is 11.5 Å². The average molecular weight is 483 g/mol. The maximum absolute atomic E-state index is 13.2. The number of carbonyl (C=O) groups is 1. The van der Waals surface area contributed by atoms with Crippen molar-refractivity contribution in [3.8, 4) is 11.5 Å². The van der Waals surface area contributed by atoms with Crippen molar-refractivity contribution in [2.45, 2.75) is 19.1 Å². The van der Waals surface area contributed by atoms with Crippen molar-refractivity contribution in [3.63, 3.8) is 0 Å².